The van der Waals surface area contributed by atoms with E-state index in [0.717, 1.165) is 23.6 Å². The third-order valence-electron chi connectivity index (χ3n) is 3.76. The maximum atomic E-state index is 6.12. The Hall–Kier alpha value is -1.26. The highest BCUT2D eigenvalue weighted by molar-refractivity contribution is 6.30. The molecule has 19 heavy (non-hydrogen) atoms. The molecule has 1 aliphatic heterocycles. The summed E-state index contributed by atoms with van der Waals surface area (Å²) in [6.07, 6.45) is 0.918. The number of benzene rings is 1. The molecule has 0 spiro atoms. The fourth-order valence-corrected chi connectivity index (χ4v) is 2.84. The standard InChI is InChI=1S/C14H20ClN3O/c1-3-14(11-5-4-6-12(15)9-11)10-17-13(16)18(14)7-8-19-2/h4-6,9H,3,7-8,10H2,1-2H3,(H2,16,17). The van der Waals surface area contributed by atoms with Gasteiger partial charge < -0.3 is 15.4 Å². The number of aliphatic imine (C=N–C) groups is 1. The van der Waals surface area contributed by atoms with Gasteiger partial charge in [-0.05, 0) is 24.1 Å². The summed E-state index contributed by atoms with van der Waals surface area (Å²) in [6.45, 7) is 4.17. The van der Waals surface area contributed by atoms with Gasteiger partial charge in [0.25, 0.3) is 0 Å². The molecule has 1 atom stereocenters. The average molecular weight is 282 g/mol. The first-order valence-electron chi connectivity index (χ1n) is 6.46. The molecule has 1 heterocycles. The SMILES string of the molecule is CCC1(c2cccc(Cl)c2)CN=C(N)N1CCOC. The summed E-state index contributed by atoms with van der Waals surface area (Å²) in [4.78, 5) is 6.55. The van der Waals surface area contributed by atoms with E-state index in [1.807, 2.05) is 18.2 Å². The molecule has 1 aliphatic rings. The molecule has 0 fully saturated rings. The normalized spacial score (nSPS) is 22.7. The topological polar surface area (TPSA) is 50.8 Å². The van der Waals surface area contributed by atoms with Crippen LogP contribution in [0, 0.1) is 0 Å². The number of guanidine groups is 1. The van der Waals surface area contributed by atoms with E-state index in [-0.39, 0.29) is 5.54 Å². The second kappa shape index (κ2) is 5.80. The molecule has 0 aliphatic carbocycles. The molecule has 0 saturated heterocycles. The Bertz CT molecular complexity index is 478. The highest BCUT2D eigenvalue weighted by atomic mass is 35.5. The zero-order valence-corrected chi connectivity index (χ0v) is 12.2. The predicted molar refractivity (Wildman–Crippen MR) is 78.5 cm³/mol. The molecule has 0 bridgehead atoms. The molecule has 0 amide bonds. The number of methoxy groups -OCH3 is 1. The van der Waals surface area contributed by atoms with Crippen LogP contribution in [0.25, 0.3) is 0 Å². The van der Waals surface area contributed by atoms with E-state index >= 15 is 0 Å². The lowest BCUT2D eigenvalue weighted by Gasteiger charge is -2.39. The molecule has 4 nitrogen and oxygen atoms in total. The Kier molecular flexibility index (Phi) is 4.32. The zero-order valence-electron chi connectivity index (χ0n) is 11.4. The van der Waals surface area contributed by atoms with Gasteiger partial charge in [-0.2, -0.15) is 0 Å². The van der Waals surface area contributed by atoms with Crippen molar-refractivity contribution in [3.63, 3.8) is 0 Å². The Morgan fingerprint density at radius 2 is 2.32 bits per heavy atom. The van der Waals surface area contributed by atoms with E-state index in [0.29, 0.717) is 19.1 Å². The van der Waals surface area contributed by atoms with Gasteiger partial charge in [0.2, 0.25) is 0 Å². The van der Waals surface area contributed by atoms with Crippen LogP contribution < -0.4 is 5.73 Å². The zero-order chi connectivity index (χ0) is 13.9. The number of hydrogen-bond acceptors (Lipinski definition) is 4. The lowest BCUT2D eigenvalue weighted by Crippen LogP contribution is -2.50. The third-order valence-corrected chi connectivity index (χ3v) is 4.00. The molecule has 1 aromatic carbocycles. The van der Waals surface area contributed by atoms with E-state index < -0.39 is 0 Å². The highest BCUT2D eigenvalue weighted by Gasteiger charge is 2.42. The van der Waals surface area contributed by atoms with Gasteiger partial charge in [0.1, 0.15) is 0 Å². The number of ether oxygens (including phenoxy) is 1. The van der Waals surface area contributed by atoms with Crippen molar-refractivity contribution in [3.8, 4) is 0 Å². The first-order valence-corrected chi connectivity index (χ1v) is 6.84. The van der Waals surface area contributed by atoms with Gasteiger partial charge in [0.05, 0.1) is 18.7 Å². The number of halogens is 1. The van der Waals surface area contributed by atoms with Gasteiger partial charge in [0.15, 0.2) is 5.96 Å². The molecule has 2 N–H and O–H groups in total. The van der Waals surface area contributed by atoms with Crippen molar-refractivity contribution < 1.29 is 4.74 Å². The van der Waals surface area contributed by atoms with Gasteiger partial charge in [-0.25, -0.2) is 0 Å². The second-order valence-electron chi connectivity index (χ2n) is 4.71. The Labute approximate surface area is 119 Å². The van der Waals surface area contributed by atoms with Crippen LogP contribution in [0.4, 0.5) is 0 Å². The third kappa shape index (κ3) is 2.55. The van der Waals surface area contributed by atoms with Crippen LogP contribution in [0.5, 0.6) is 0 Å². The number of rotatable bonds is 5. The molecule has 2 rings (SSSR count). The molecule has 5 heteroatoms. The van der Waals surface area contributed by atoms with Crippen LogP contribution in [0.3, 0.4) is 0 Å². The Morgan fingerprint density at radius 3 is 2.95 bits per heavy atom. The summed E-state index contributed by atoms with van der Waals surface area (Å²) >= 11 is 6.12. The lowest BCUT2D eigenvalue weighted by molar-refractivity contribution is 0.125. The molecule has 104 valence electrons. The summed E-state index contributed by atoms with van der Waals surface area (Å²) in [6, 6.07) is 7.94. The maximum Gasteiger partial charge on any atom is 0.192 e. The molecular weight excluding hydrogens is 262 g/mol. The summed E-state index contributed by atoms with van der Waals surface area (Å²) in [5.74, 6) is 0.582. The summed E-state index contributed by atoms with van der Waals surface area (Å²) in [7, 11) is 1.69. The second-order valence-corrected chi connectivity index (χ2v) is 5.15. The van der Waals surface area contributed by atoms with E-state index in [1.165, 1.54) is 0 Å². The van der Waals surface area contributed by atoms with E-state index in [1.54, 1.807) is 7.11 Å². The van der Waals surface area contributed by atoms with Crippen LogP contribution in [0.15, 0.2) is 29.3 Å². The summed E-state index contributed by atoms with van der Waals surface area (Å²) in [5, 5.41) is 0.738. The van der Waals surface area contributed by atoms with Crippen LogP contribution in [0.2, 0.25) is 5.02 Å². The highest BCUT2D eigenvalue weighted by Crippen LogP contribution is 2.36. The number of nitrogens with zero attached hydrogens (tertiary/aromatic N) is 2. The number of nitrogens with two attached hydrogens (primary N) is 1. The predicted octanol–water partition coefficient (Wildman–Crippen LogP) is 2.22. The van der Waals surface area contributed by atoms with Gasteiger partial charge in [-0.1, -0.05) is 30.7 Å². The minimum atomic E-state index is -0.201. The van der Waals surface area contributed by atoms with Crippen LogP contribution in [-0.4, -0.2) is 37.7 Å². The molecule has 0 saturated carbocycles. The van der Waals surface area contributed by atoms with Crippen LogP contribution in [-0.2, 0) is 10.3 Å². The van der Waals surface area contributed by atoms with Crippen molar-refractivity contribution in [3.05, 3.63) is 34.9 Å². The average Bonchev–Trinajstić information content (AvgIpc) is 2.74. The van der Waals surface area contributed by atoms with Crippen LogP contribution >= 0.6 is 11.6 Å². The van der Waals surface area contributed by atoms with Gasteiger partial charge in [-0.3, -0.25) is 4.99 Å². The number of hydrogen-bond donors (Lipinski definition) is 1. The Balaban J connectivity index is 2.36. The van der Waals surface area contributed by atoms with E-state index in [4.69, 9.17) is 22.1 Å². The first-order chi connectivity index (χ1) is 9.14. The molecule has 0 aromatic heterocycles. The quantitative estimate of drug-likeness (QED) is 0.900. The van der Waals surface area contributed by atoms with Crippen molar-refractivity contribution >= 4 is 17.6 Å². The van der Waals surface area contributed by atoms with Crippen molar-refractivity contribution in [2.75, 3.05) is 26.8 Å². The largest absolute Gasteiger partial charge is 0.383 e. The van der Waals surface area contributed by atoms with Crippen molar-refractivity contribution in [1.29, 1.82) is 0 Å². The fourth-order valence-electron chi connectivity index (χ4n) is 2.64. The monoisotopic (exact) mass is 281 g/mol. The lowest BCUT2D eigenvalue weighted by atomic mass is 9.86. The van der Waals surface area contributed by atoms with Gasteiger partial charge in [-0.15, -0.1) is 0 Å². The smallest absolute Gasteiger partial charge is 0.192 e. The van der Waals surface area contributed by atoms with Crippen molar-refractivity contribution in [1.82, 2.24) is 4.90 Å². The fraction of sp³-hybridized carbons (Fsp3) is 0.500. The van der Waals surface area contributed by atoms with E-state index in [9.17, 15) is 0 Å². The minimum absolute atomic E-state index is 0.201. The first kappa shape index (κ1) is 14.2. The van der Waals surface area contributed by atoms with Crippen molar-refractivity contribution in [2.45, 2.75) is 18.9 Å². The van der Waals surface area contributed by atoms with Gasteiger partial charge >= 0.3 is 0 Å². The van der Waals surface area contributed by atoms with Gasteiger partial charge in [0, 0.05) is 18.7 Å². The van der Waals surface area contributed by atoms with Crippen LogP contribution in [0.1, 0.15) is 18.9 Å². The maximum absolute atomic E-state index is 6.12. The summed E-state index contributed by atoms with van der Waals surface area (Å²) < 4.78 is 5.17. The molecule has 1 unspecified atom stereocenters. The molecular formula is C14H20ClN3O. The minimum Gasteiger partial charge on any atom is -0.383 e. The summed E-state index contributed by atoms with van der Waals surface area (Å²) in [5.41, 5.74) is 6.99. The molecule has 0 radical (unpaired) electrons. The van der Waals surface area contributed by atoms with E-state index in [2.05, 4.69) is 22.9 Å². The van der Waals surface area contributed by atoms with Crippen molar-refractivity contribution in [2.24, 2.45) is 10.7 Å². The molecule has 1 aromatic rings. The Morgan fingerprint density at radius 1 is 1.53 bits per heavy atom.